The highest BCUT2D eigenvalue weighted by atomic mass is 35.5. The van der Waals surface area contributed by atoms with Crippen molar-refractivity contribution in [3.63, 3.8) is 0 Å². The molecule has 3 heterocycles. The minimum atomic E-state index is -0.366. The number of likely N-dealkylation sites (tertiary alicyclic amines) is 1. The number of hydrogen-bond donors (Lipinski definition) is 0. The topological polar surface area (TPSA) is 38.1 Å². The van der Waals surface area contributed by atoms with Gasteiger partial charge in [-0.25, -0.2) is 0 Å². The normalized spacial score (nSPS) is 18.1. The second-order valence-electron chi connectivity index (χ2n) is 8.66. The van der Waals surface area contributed by atoms with Crippen LogP contribution in [0, 0.1) is 0 Å². The second-order valence-corrected chi connectivity index (χ2v) is 9.06. The molecule has 0 aliphatic carbocycles. The Kier molecular flexibility index (Phi) is 6.92. The van der Waals surface area contributed by atoms with Gasteiger partial charge in [0, 0.05) is 0 Å². The maximum atomic E-state index is 12.8. The van der Waals surface area contributed by atoms with E-state index in [0.717, 1.165) is 24.6 Å². The van der Waals surface area contributed by atoms with Crippen molar-refractivity contribution in [2.24, 2.45) is 0 Å². The van der Waals surface area contributed by atoms with Gasteiger partial charge in [0.15, 0.2) is 0 Å². The summed E-state index contributed by atoms with van der Waals surface area (Å²) < 4.78 is 2.06. The minimum Gasteiger partial charge on any atom is -0.306 e. The fraction of sp³-hybridized carbons (Fsp3) is 0.462. The van der Waals surface area contributed by atoms with Gasteiger partial charge in [0.2, 0.25) is 0 Å². The Morgan fingerprint density at radius 2 is 1.90 bits per heavy atom. The van der Waals surface area contributed by atoms with E-state index in [4.69, 9.17) is 11.6 Å². The van der Waals surface area contributed by atoms with Crippen molar-refractivity contribution >= 4 is 22.7 Å². The number of aromatic nitrogens is 2. The van der Waals surface area contributed by atoms with Crippen molar-refractivity contribution in [3.05, 3.63) is 69.4 Å². The van der Waals surface area contributed by atoms with Crippen LogP contribution in [0.4, 0.5) is 0 Å². The van der Waals surface area contributed by atoms with Gasteiger partial charge < -0.3 is 4.90 Å². The zero-order valence-electron chi connectivity index (χ0n) is 19.6. The third kappa shape index (κ3) is 3.92. The van der Waals surface area contributed by atoms with E-state index in [0.29, 0.717) is 22.2 Å². The molecule has 2 aromatic rings. The van der Waals surface area contributed by atoms with Crippen molar-refractivity contribution in [3.8, 4) is 5.69 Å². The lowest BCUT2D eigenvalue weighted by molar-refractivity contribution is 0.255. The van der Waals surface area contributed by atoms with E-state index < -0.39 is 0 Å². The van der Waals surface area contributed by atoms with Crippen molar-refractivity contribution in [2.45, 2.75) is 58.8 Å². The van der Waals surface area contributed by atoms with Gasteiger partial charge in [-0.2, -0.15) is 4.98 Å². The van der Waals surface area contributed by atoms with Crippen LogP contribution in [0.1, 0.15) is 81.6 Å². The molecular formula is C26H34ClN3O. The molecule has 0 unspecified atom stereocenters. The fourth-order valence-corrected chi connectivity index (χ4v) is 4.91. The average molecular weight is 440 g/mol. The standard InChI is InChI=1S/C24H28ClN3O.C2H6/c1-6-18(25)21-19(7-2)28-20-9-8-16(15-10-12-27(5)13-11-15)14-17(20)24(3,4)23(28)26-22(21)29;1-2/h6-9,14-15H,2,10-13H2,1,3-5H3;1-2H3/b18-6+;. The molecule has 2 aliphatic rings. The van der Waals surface area contributed by atoms with Gasteiger partial charge in [0.25, 0.3) is 5.56 Å². The maximum absolute atomic E-state index is 12.8. The van der Waals surface area contributed by atoms with Gasteiger partial charge in [0.05, 0.1) is 27.4 Å². The van der Waals surface area contributed by atoms with Crippen molar-refractivity contribution in [1.29, 1.82) is 0 Å². The van der Waals surface area contributed by atoms with Gasteiger partial charge in [-0.1, -0.05) is 50.2 Å². The van der Waals surface area contributed by atoms with Crippen LogP contribution >= 0.6 is 11.6 Å². The van der Waals surface area contributed by atoms with E-state index in [1.807, 2.05) is 20.8 Å². The molecule has 31 heavy (non-hydrogen) atoms. The van der Waals surface area contributed by atoms with Crippen molar-refractivity contribution in [2.75, 3.05) is 20.1 Å². The second kappa shape index (κ2) is 9.13. The van der Waals surface area contributed by atoms with Crippen LogP contribution in [0.2, 0.25) is 0 Å². The number of nitrogens with zero attached hydrogens (tertiary/aromatic N) is 3. The lowest BCUT2D eigenvalue weighted by Crippen LogP contribution is -2.29. The van der Waals surface area contributed by atoms with Crippen LogP contribution in [0.25, 0.3) is 16.8 Å². The summed E-state index contributed by atoms with van der Waals surface area (Å²) >= 11 is 6.37. The SMILES string of the molecule is C=Cc1c(/C(Cl)=C\C)c(=O)nc2n1-c1ccc(C3CCN(C)CC3)cc1C2(C)C.CC. The van der Waals surface area contributed by atoms with Crippen LogP contribution in [0.15, 0.2) is 35.6 Å². The summed E-state index contributed by atoms with van der Waals surface area (Å²) in [4.78, 5) is 19.7. The lowest BCUT2D eigenvalue weighted by atomic mass is 9.81. The zero-order valence-corrected chi connectivity index (χ0v) is 20.4. The molecule has 0 N–H and O–H groups in total. The van der Waals surface area contributed by atoms with E-state index in [1.54, 1.807) is 12.2 Å². The summed E-state index contributed by atoms with van der Waals surface area (Å²) in [5.74, 6) is 1.33. The Hall–Kier alpha value is -2.17. The first-order chi connectivity index (χ1) is 14.8. The van der Waals surface area contributed by atoms with Gasteiger partial charge in [-0.05, 0) is 82.9 Å². The number of benzene rings is 1. The zero-order chi connectivity index (χ0) is 22.9. The summed E-state index contributed by atoms with van der Waals surface area (Å²) in [5.41, 5.74) is 4.11. The Balaban J connectivity index is 0.00000132. The number of fused-ring (bicyclic) bond motifs is 3. The quantitative estimate of drug-likeness (QED) is 0.593. The molecule has 0 bridgehead atoms. The first-order valence-electron chi connectivity index (χ1n) is 11.2. The highest BCUT2D eigenvalue weighted by Crippen LogP contribution is 2.44. The van der Waals surface area contributed by atoms with E-state index >= 15 is 0 Å². The first-order valence-corrected chi connectivity index (χ1v) is 11.6. The molecule has 1 aromatic heterocycles. The Morgan fingerprint density at radius 3 is 2.48 bits per heavy atom. The van der Waals surface area contributed by atoms with Gasteiger partial charge in [-0.15, -0.1) is 0 Å². The molecule has 1 aromatic carbocycles. The lowest BCUT2D eigenvalue weighted by Gasteiger charge is -2.30. The molecule has 0 spiro atoms. The van der Waals surface area contributed by atoms with Crippen molar-refractivity contribution in [1.82, 2.24) is 14.5 Å². The highest BCUT2D eigenvalue weighted by molar-refractivity contribution is 6.48. The van der Waals surface area contributed by atoms with E-state index in [9.17, 15) is 4.79 Å². The number of allylic oxidation sites excluding steroid dienone is 1. The summed E-state index contributed by atoms with van der Waals surface area (Å²) in [7, 11) is 2.19. The van der Waals surface area contributed by atoms with Gasteiger partial charge in [-0.3, -0.25) is 9.36 Å². The molecule has 0 amide bonds. The molecule has 1 saturated heterocycles. The summed E-state index contributed by atoms with van der Waals surface area (Å²) in [5, 5.41) is 0.405. The summed E-state index contributed by atoms with van der Waals surface area (Å²) in [6.45, 7) is 16.3. The predicted octanol–water partition coefficient (Wildman–Crippen LogP) is 5.95. The molecule has 1 fully saturated rings. The van der Waals surface area contributed by atoms with Crippen LogP contribution < -0.4 is 5.56 Å². The molecule has 0 radical (unpaired) electrons. The summed E-state index contributed by atoms with van der Waals surface area (Å²) in [6, 6.07) is 6.74. The molecule has 4 rings (SSSR count). The van der Waals surface area contributed by atoms with Gasteiger partial charge in [0.1, 0.15) is 5.82 Å². The number of rotatable bonds is 3. The number of hydrogen-bond acceptors (Lipinski definition) is 3. The molecule has 166 valence electrons. The third-order valence-corrected chi connectivity index (χ3v) is 6.91. The Labute approximate surface area is 191 Å². The van der Waals surface area contributed by atoms with Gasteiger partial charge >= 0.3 is 0 Å². The fourth-order valence-electron chi connectivity index (χ4n) is 4.73. The smallest absolute Gasteiger partial charge is 0.282 e. The van der Waals surface area contributed by atoms with Crippen LogP contribution in [-0.2, 0) is 5.41 Å². The van der Waals surface area contributed by atoms with E-state index in [-0.39, 0.29) is 11.0 Å². The minimum absolute atomic E-state index is 0.300. The third-order valence-electron chi connectivity index (χ3n) is 6.50. The van der Waals surface area contributed by atoms with Crippen molar-refractivity contribution < 1.29 is 0 Å². The number of halogens is 1. The molecule has 5 heteroatoms. The predicted molar refractivity (Wildman–Crippen MR) is 132 cm³/mol. The Morgan fingerprint density at radius 1 is 1.26 bits per heavy atom. The van der Waals surface area contributed by atoms with E-state index in [1.165, 1.54) is 24.0 Å². The molecular weight excluding hydrogens is 406 g/mol. The average Bonchev–Trinajstić information content (AvgIpc) is 3.00. The monoisotopic (exact) mass is 439 g/mol. The largest absolute Gasteiger partial charge is 0.306 e. The maximum Gasteiger partial charge on any atom is 0.282 e. The summed E-state index contributed by atoms with van der Waals surface area (Å²) in [6.07, 6.45) is 5.80. The molecule has 0 saturated carbocycles. The van der Waals surface area contributed by atoms with Crippen LogP contribution in [0.5, 0.6) is 0 Å². The molecule has 0 atom stereocenters. The number of piperidine rings is 1. The Bertz CT molecular complexity index is 1070. The molecule has 4 nitrogen and oxygen atoms in total. The van der Waals surface area contributed by atoms with Crippen LogP contribution in [0.3, 0.4) is 0 Å². The van der Waals surface area contributed by atoms with Crippen LogP contribution in [-0.4, -0.2) is 34.6 Å². The van der Waals surface area contributed by atoms with E-state index in [2.05, 4.69) is 60.1 Å². The first kappa shape index (κ1) is 23.5. The molecule has 2 aliphatic heterocycles. The highest BCUT2D eigenvalue weighted by Gasteiger charge is 2.40.